The van der Waals surface area contributed by atoms with E-state index in [1.165, 1.54) is 5.56 Å². The van der Waals surface area contributed by atoms with Crippen LogP contribution in [0.1, 0.15) is 36.0 Å². The topological polar surface area (TPSA) is 42.7 Å². The molecule has 0 fully saturated rings. The van der Waals surface area contributed by atoms with E-state index in [0.717, 1.165) is 46.9 Å². The predicted octanol–water partition coefficient (Wildman–Crippen LogP) is 3.45. The minimum Gasteiger partial charge on any atom is -0.313 e. The van der Waals surface area contributed by atoms with Crippen LogP contribution in [0.3, 0.4) is 0 Å². The van der Waals surface area contributed by atoms with E-state index in [9.17, 15) is 0 Å². The summed E-state index contributed by atoms with van der Waals surface area (Å²) >= 11 is 3.55. The number of hydrogen-bond donors (Lipinski definition) is 1. The molecule has 2 heterocycles. The van der Waals surface area contributed by atoms with E-state index >= 15 is 0 Å². The van der Waals surface area contributed by atoms with E-state index in [1.54, 1.807) is 0 Å². The summed E-state index contributed by atoms with van der Waals surface area (Å²) in [6.45, 7) is 10.1. The van der Waals surface area contributed by atoms with Gasteiger partial charge >= 0.3 is 0 Å². The third kappa shape index (κ3) is 3.10. The smallest absolute Gasteiger partial charge is 0.153 e. The first kappa shape index (κ1) is 15.2. The molecular weight excluding hydrogens is 316 g/mol. The summed E-state index contributed by atoms with van der Waals surface area (Å²) in [7, 11) is 0. The molecule has 0 aromatic carbocycles. The zero-order valence-corrected chi connectivity index (χ0v) is 14.1. The van der Waals surface area contributed by atoms with Gasteiger partial charge in [-0.3, -0.25) is 0 Å². The third-order valence-corrected chi connectivity index (χ3v) is 4.49. The fourth-order valence-electron chi connectivity index (χ4n) is 2.13. The minimum atomic E-state index is 0.869. The van der Waals surface area contributed by atoms with Crippen LogP contribution in [0.25, 0.3) is 5.82 Å². The van der Waals surface area contributed by atoms with Crippen LogP contribution in [0.4, 0.5) is 0 Å². The van der Waals surface area contributed by atoms with E-state index in [0.29, 0.717) is 0 Å². The van der Waals surface area contributed by atoms with Gasteiger partial charge in [0.2, 0.25) is 0 Å². The van der Waals surface area contributed by atoms with Gasteiger partial charge in [-0.1, -0.05) is 13.0 Å². The van der Waals surface area contributed by atoms with Gasteiger partial charge in [-0.25, -0.2) is 9.67 Å². The summed E-state index contributed by atoms with van der Waals surface area (Å²) < 4.78 is 2.93. The lowest BCUT2D eigenvalue weighted by Gasteiger charge is -2.09. The molecule has 0 saturated carbocycles. The zero-order chi connectivity index (χ0) is 14.7. The lowest BCUT2D eigenvalue weighted by molar-refractivity contribution is 0.669. The fraction of sp³-hybridized carbons (Fsp3) is 0.467. The molecule has 108 valence electrons. The molecule has 0 aliphatic carbocycles. The third-order valence-electron chi connectivity index (χ3n) is 3.34. The van der Waals surface area contributed by atoms with Crippen LogP contribution in [0.5, 0.6) is 0 Å². The van der Waals surface area contributed by atoms with Gasteiger partial charge in [0.05, 0.1) is 15.9 Å². The van der Waals surface area contributed by atoms with Crippen molar-refractivity contribution in [2.24, 2.45) is 0 Å². The summed E-state index contributed by atoms with van der Waals surface area (Å²) in [4.78, 5) is 4.68. The molecule has 0 radical (unpaired) electrons. The molecule has 2 aromatic heterocycles. The Labute approximate surface area is 128 Å². The second-order valence-electron chi connectivity index (χ2n) is 4.99. The number of nitrogens with one attached hydrogen (secondary N) is 1. The van der Waals surface area contributed by atoms with Crippen LogP contribution >= 0.6 is 15.9 Å². The normalized spacial score (nSPS) is 11.1. The molecule has 2 aromatic rings. The van der Waals surface area contributed by atoms with Gasteiger partial charge in [-0.15, -0.1) is 0 Å². The summed E-state index contributed by atoms with van der Waals surface area (Å²) in [6.07, 6.45) is 1.14. The van der Waals surface area contributed by atoms with E-state index in [4.69, 9.17) is 0 Å². The Bertz CT molecular complexity index is 604. The molecule has 0 unspecified atom stereocenters. The molecule has 0 aliphatic rings. The maximum Gasteiger partial charge on any atom is 0.153 e. The summed E-state index contributed by atoms with van der Waals surface area (Å²) in [6, 6.07) is 4.16. The number of hydrogen-bond acceptors (Lipinski definition) is 3. The summed E-state index contributed by atoms with van der Waals surface area (Å²) in [5.74, 6) is 0.869. The molecule has 0 aliphatic heterocycles. The van der Waals surface area contributed by atoms with Crippen molar-refractivity contribution in [1.29, 1.82) is 0 Å². The van der Waals surface area contributed by atoms with Crippen molar-refractivity contribution in [3.05, 3.63) is 39.3 Å². The van der Waals surface area contributed by atoms with E-state index in [2.05, 4.69) is 44.3 Å². The second-order valence-corrected chi connectivity index (χ2v) is 5.78. The van der Waals surface area contributed by atoms with Gasteiger partial charge in [0, 0.05) is 12.2 Å². The maximum atomic E-state index is 4.68. The van der Waals surface area contributed by atoms with Crippen molar-refractivity contribution in [2.75, 3.05) is 6.54 Å². The SMILES string of the molecule is CCCNCc1ccc(-n2nc(C)c(Br)c2C)nc1C. The van der Waals surface area contributed by atoms with Gasteiger partial charge < -0.3 is 5.32 Å². The molecule has 0 bridgehead atoms. The summed E-state index contributed by atoms with van der Waals surface area (Å²) in [5, 5.41) is 7.92. The first-order chi connectivity index (χ1) is 9.54. The minimum absolute atomic E-state index is 0.869. The van der Waals surface area contributed by atoms with Gasteiger partial charge in [0.1, 0.15) is 0 Å². The Morgan fingerprint density at radius 1 is 1.20 bits per heavy atom. The highest BCUT2D eigenvalue weighted by molar-refractivity contribution is 9.10. The second kappa shape index (κ2) is 6.50. The van der Waals surface area contributed by atoms with Crippen LogP contribution in [0.2, 0.25) is 0 Å². The Morgan fingerprint density at radius 3 is 2.50 bits per heavy atom. The monoisotopic (exact) mass is 336 g/mol. The van der Waals surface area contributed by atoms with Crippen LogP contribution in [-0.4, -0.2) is 21.3 Å². The standard InChI is InChI=1S/C15H21BrN4/c1-5-8-17-9-13-6-7-14(18-10(13)2)20-12(4)15(16)11(3)19-20/h6-7,17H,5,8-9H2,1-4H3. The Kier molecular flexibility index (Phi) is 4.94. The van der Waals surface area contributed by atoms with Gasteiger partial charge in [0.15, 0.2) is 5.82 Å². The predicted molar refractivity (Wildman–Crippen MR) is 85.3 cm³/mol. The fourth-order valence-corrected chi connectivity index (χ4v) is 2.38. The van der Waals surface area contributed by atoms with Crippen LogP contribution in [0.15, 0.2) is 16.6 Å². The molecule has 5 heteroatoms. The van der Waals surface area contributed by atoms with Crippen molar-refractivity contribution in [3.63, 3.8) is 0 Å². The van der Waals surface area contributed by atoms with Crippen molar-refractivity contribution >= 4 is 15.9 Å². The Hall–Kier alpha value is -1.20. The zero-order valence-electron chi connectivity index (χ0n) is 12.5. The van der Waals surface area contributed by atoms with Crippen molar-refractivity contribution < 1.29 is 0 Å². The molecule has 4 nitrogen and oxygen atoms in total. The van der Waals surface area contributed by atoms with E-state index < -0.39 is 0 Å². The first-order valence-corrected chi connectivity index (χ1v) is 7.73. The van der Waals surface area contributed by atoms with E-state index in [-0.39, 0.29) is 0 Å². The number of pyridine rings is 1. The summed E-state index contributed by atoms with van der Waals surface area (Å²) in [5.41, 5.74) is 4.35. The van der Waals surface area contributed by atoms with Gasteiger partial charge in [-0.2, -0.15) is 5.10 Å². The molecule has 1 N–H and O–H groups in total. The average molecular weight is 337 g/mol. The quantitative estimate of drug-likeness (QED) is 0.850. The number of rotatable bonds is 5. The highest BCUT2D eigenvalue weighted by Crippen LogP contribution is 2.22. The molecule has 20 heavy (non-hydrogen) atoms. The molecule has 0 saturated heterocycles. The molecule has 0 spiro atoms. The highest BCUT2D eigenvalue weighted by atomic mass is 79.9. The van der Waals surface area contributed by atoms with Crippen molar-refractivity contribution in [2.45, 2.75) is 40.7 Å². The lowest BCUT2D eigenvalue weighted by Crippen LogP contribution is -2.15. The van der Waals surface area contributed by atoms with Gasteiger partial charge in [0.25, 0.3) is 0 Å². The largest absolute Gasteiger partial charge is 0.313 e. The Balaban J connectivity index is 2.26. The van der Waals surface area contributed by atoms with Crippen LogP contribution in [0, 0.1) is 20.8 Å². The average Bonchev–Trinajstić information content (AvgIpc) is 2.68. The number of aryl methyl sites for hydroxylation is 2. The molecule has 0 atom stereocenters. The number of halogens is 1. The number of nitrogens with zero attached hydrogens (tertiary/aromatic N) is 3. The Morgan fingerprint density at radius 2 is 1.95 bits per heavy atom. The highest BCUT2D eigenvalue weighted by Gasteiger charge is 2.12. The number of aromatic nitrogens is 3. The van der Waals surface area contributed by atoms with Crippen molar-refractivity contribution in [3.8, 4) is 5.82 Å². The van der Waals surface area contributed by atoms with Crippen LogP contribution in [-0.2, 0) is 6.54 Å². The molecule has 2 rings (SSSR count). The lowest BCUT2D eigenvalue weighted by atomic mass is 10.2. The van der Waals surface area contributed by atoms with Crippen molar-refractivity contribution in [1.82, 2.24) is 20.1 Å². The van der Waals surface area contributed by atoms with Gasteiger partial charge in [-0.05, 0) is 61.3 Å². The maximum absolute atomic E-state index is 4.68. The first-order valence-electron chi connectivity index (χ1n) is 6.94. The van der Waals surface area contributed by atoms with Crippen LogP contribution < -0.4 is 5.32 Å². The van der Waals surface area contributed by atoms with E-state index in [1.807, 2.05) is 31.5 Å². The molecule has 0 amide bonds. The molecular formula is C15H21BrN4.